The molecular weight excluding hydrogens is 254 g/mol. The molecule has 1 N–H and O–H groups in total. The Bertz CT molecular complexity index is 429. The first-order chi connectivity index (χ1) is 9.54. The van der Waals surface area contributed by atoms with E-state index in [0.29, 0.717) is 19.8 Å². The second kappa shape index (κ2) is 7.90. The summed E-state index contributed by atoms with van der Waals surface area (Å²) < 4.78 is 10.6. The number of carbonyl (C=O) groups excluding carboxylic acids is 1. The molecule has 0 aliphatic carbocycles. The molecule has 4 heteroatoms. The molecule has 4 nitrogen and oxygen atoms in total. The van der Waals surface area contributed by atoms with Crippen molar-refractivity contribution in [2.24, 2.45) is 0 Å². The van der Waals surface area contributed by atoms with E-state index in [2.05, 4.69) is 5.32 Å². The van der Waals surface area contributed by atoms with E-state index in [4.69, 9.17) is 9.47 Å². The number of para-hydroxylation sites is 1. The van der Waals surface area contributed by atoms with Crippen LogP contribution in [0.15, 0.2) is 24.3 Å². The van der Waals surface area contributed by atoms with E-state index in [1.165, 1.54) is 0 Å². The SMILES string of the molecule is CCOCCCNC(=O)C(C)(C)c1ccccc1OC. The Hall–Kier alpha value is -1.55. The van der Waals surface area contributed by atoms with Crippen molar-refractivity contribution in [2.75, 3.05) is 26.9 Å². The molecule has 0 unspecified atom stereocenters. The van der Waals surface area contributed by atoms with Crippen LogP contribution in [0.3, 0.4) is 0 Å². The van der Waals surface area contributed by atoms with E-state index < -0.39 is 5.41 Å². The second-order valence-corrected chi connectivity index (χ2v) is 5.13. The Morgan fingerprint density at radius 3 is 2.65 bits per heavy atom. The van der Waals surface area contributed by atoms with Gasteiger partial charge in [-0.2, -0.15) is 0 Å². The van der Waals surface area contributed by atoms with Crippen molar-refractivity contribution in [1.29, 1.82) is 0 Å². The van der Waals surface area contributed by atoms with Gasteiger partial charge in [-0.1, -0.05) is 18.2 Å². The number of methoxy groups -OCH3 is 1. The van der Waals surface area contributed by atoms with Crippen LogP contribution in [0.25, 0.3) is 0 Å². The molecule has 0 saturated heterocycles. The molecule has 0 saturated carbocycles. The van der Waals surface area contributed by atoms with Crippen molar-refractivity contribution >= 4 is 5.91 Å². The van der Waals surface area contributed by atoms with Crippen molar-refractivity contribution < 1.29 is 14.3 Å². The van der Waals surface area contributed by atoms with Gasteiger partial charge in [0.15, 0.2) is 0 Å². The molecule has 0 aliphatic rings. The molecule has 0 radical (unpaired) electrons. The number of nitrogens with one attached hydrogen (secondary N) is 1. The van der Waals surface area contributed by atoms with Crippen LogP contribution in [0.2, 0.25) is 0 Å². The standard InChI is InChI=1S/C16H25NO3/c1-5-20-12-8-11-17-15(18)16(2,3)13-9-6-7-10-14(13)19-4/h6-7,9-10H,5,8,11-12H2,1-4H3,(H,17,18). The zero-order chi connectivity index (χ0) is 15.0. The zero-order valence-corrected chi connectivity index (χ0v) is 12.9. The fraction of sp³-hybridized carbons (Fsp3) is 0.562. The first kappa shape index (κ1) is 16.5. The van der Waals surface area contributed by atoms with Gasteiger partial charge in [0.05, 0.1) is 12.5 Å². The summed E-state index contributed by atoms with van der Waals surface area (Å²) in [4.78, 5) is 12.4. The molecule has 0 bridgehead atoms. The average Bonchev–Trinajstić information content (AvgIpc) is 2.46. The Morgan fingerprint density at radius 2 is 2.00 bits per heavy atom. The average molecular weight is 279 g/mol. The minimum absolute atomic E-state index is 0.00139. The van der Waals surface area contributed by atoms with Crippen molar-refractivity contribution in [1.82, 2.24) is 5.32 Å². The summed E-state index contributed by atoms with van der Waals surface area (Å²) in [6, 6.07) is 7.62. The lowest BCUT2D eigenvalue weighted by Gasteiger charge is -2.26. The summed E-state index contributed by atoms with van der Waals surface area (Å²) in [7, 11) is 1.62. The molecule has 1 aromatic carbocycles. The Kier molecular flexibility index (Phi) is 6.52. The van der Waals surface area contributed by atoms with E-state index in [0.717, 1.165) is 17.7 Å². The zero-order valence-electron chi connectivity index (χ0n) is 12.9. The van der Waals surface area contributed by atoms with Crippen molar-refractivity contribution in [3.63, 3.8) is 0 Å². The summed E-state index contributed by atoms with van der Waals surface area (Å²) in [5, 5.41) is 2.96. The number of rotatable bonds is 8. The minimum Gasteiger partial charge on any atom is -0.496 e. The quantitative estimate of drug-likeness (QED) is 0.744. The van der Waals surface area contributed by atoms with Gasteiger partial charge in [-0.15, -0.1) is 0 Å². The van der Waals surface area contributed by atoms with Crippen LogP contribution < -0.4 is 10.1 Å². The maximum absolute atomic E-state index is 12.4. The highest BCUT2D eigenvalue weighted by molar-refractivity contribution is 5.88. The van der Waals surface area contributed by atoms with Gasteiger partial charge < -0.3 is 14.8 Å². The van der Waals surface area contributed by atoms with Gasteiger partial charge in [0.2, 0.25) is 5.91 Å². The van der Waals surface area contributed by atoms with Gasteiger partial charge in [-0.3, -0.25) is 4.79 Å². The van der Waals surface area contributed by atoms with Crippen LogP contribution >= 0.6 is 0 Å². The summed E-state index contributed by atoms with van der Waals surface area (Å²) in [5.74, 6) is 0.737. The third-order valence-electron chi connectivity index (χ3n) is 3.30. The number of hydrogen-bond acceptors (Lipinski definition) is 3. The van der Waals surface area contributed by atoms with Gasteiger partial charge >= 0.3 is 0 Å². The Labute approximate surface area is 121 Å². The monoisotopic (exact) mass is 279 g/mol. The molecule has 0 aromatic heterocycles. The van der Waals surface area contributed by atoms with Gasteiger partial charge in [0.25, 0.3) is 0 Å². The predicted molar refractivity (Wildman–Crippen MR) is 80.1 cm³/mol. The largest absolute Gasteiger partial charge is 0.496 e. The molecule has 20 heavy (non-hydrogen) atoms. The molecule has 0 aliphatic heterocycles. The normalized spacial score (nSPS) is 11.2. The lowest BCUT2D eigenvalue weighted by atomic mass is 9.83. The summed E-state index contributed by atoms with van der Waals surface area (Å²) in [5.41, 5.74) is 0.267. The molecule has 1 amide bonds. The fourth-order valence-corrected chi connectivity index (χ4v) is 2.02. The number of ether oxygens (including phenoxy) is 2. The molecule has 0 atom stereocenters. The van der Waals surface area contributed by atoms with Crippen molar-refractivity contribution in [3.05, 3.63) is 29.8 Å². The maximum atomic E-state index is 12.4. The van der Waals surface area contributed by atoms with E-state index in [9.17, 15) is 4.79 Å². The molecule has 0 heterocycles. The van der Waals surface area contributed by atoms with Gasteiger partial charge in [-0.25, -0.2) is 0 Å². The van der Waals surface area contributed by atoms with Crippen LogP contribution in [0.5, 0.6) is 5.75 Å². The third kappa shape index (κ3) is 4.23. The fourth-order valence-electron chi connectivity index (χ4n) is 2.02. The van der Waals surface area contributed by atoms with Crippen LogP contribution in [-0.4, -0.2) is 32.8 Å². The molecule has 1 aromatic rings. The van der Waals surface area contributed by atoms with Gasteiger partial charge in [0.1, 0.15) is 5.75 Å². The molecule has 1 rings (SSSR count). The highest BCUT2D eigenvalue weighted by Crippen LogP contribution is 2.31. The van der Waals surface area contributed by atoms with Crippen LogP contribution in [0, 0.1) is 0 Å². The smallest absolute Gasteiger partial charge is 0.230 e. The molecule has 0 fully saturated rings. The number of hydrogen-bond donors (Lipinski definition) is 1. The highest BCUT2D eigenvalue weighted by atomic mass is 16.5. The molecular formula is C16H25NO3. The van der Waals surface area contributed by atoms with Crippen LogP contribution in [-0.2, 0) is 14.9 Å². The van der Waals surface area contributed by atoms with E-state index in [1.54, 1.807) is 7.11 Å². The summed E-state index contributed by atoms with van der Waals surface area (Å²) in [6.07, 6.45) is 0.821. The first-order valence-electron chi connectivity index (χ1n) is 7.03. The van der Waals surface area contributed by atoms with E-state index in [1.807, 2.05) is 45.0 Å². The summed E-state index contributed by atoms with van der Waals surface area (Å²) >= 11 is 0. The van der Waals surface area contributed by atoms with E-state index >= 15 is 0 Å². The van der Waals surface area contributed by atoms with E-state index in [-0.39, 0.29) is 5.91 Å². The minimum atomic E-state index is -0.627. The Balaban J connectivity index is 2.65. The summed E-state index contributed by atoms with van der Waals surface area (Å²) in [6.45, 7) is 7.78. The second-order valence-electron chi connectivity index (χ2n) is 5.13. The van der Waals surface area contributed by atoms with Crippen LogP contribution in [0.4, 0.5) is 0 Å². The number of benzene rings is 1. The number of amides is 1. The maximum Gasteiger partial charge on any atom is 0.230 e. The van der Waals surface area contributed by atoms with Gasteiger partial charge in [-0.05, 0) is 33.3 Å². The lowest BCUT2D eigenvalue weighted by molar-refractivity contribution is -0.125. The first-order valence-corrected chi connectivity index (χ1v) is 7.03. The van der Waals surface area contributed by atoms with Crippen molar-refractivity contribution in [2.45, 2.75) is 32.6 Å². The predicted octanol–water partition coefficient (Wildman–Crippen LogP) is 2.52. The third-order valence-corrected chi connectivity index (χ3v) is 3.30. The highest BCUT2D eigenvalue weighted by Gasteiger charge is 2.32. The van der Waals surface area contributed by atoms with Crippen molar-refractivity contribution in [3.8, 4) is 5.75 Å². The van der Waals surface area contributed by atoms with Gasteiger partial charge in [0, 0.05) is 25.3 Å². The lowest BCUT2D eigenvalue weighted by Crippen LogP contribution is -2.40. The van der Waals surface area contributed by atoms with Crippen LogP contribution in [0.1, 0.15) is 32.8 Å². The Morgan fingerprint density at radius 1 is 1.30 bits per heavy atom. The number of carbonyl (C=O) groups is 1. The molecule has 0 spiro atoms. The topological polar surface area (TPSA) is 47.6 Å². The molecule has 112 valence electrons.